The van der Waals surface area contributed by atoms with E-state index in [0.29, 0.717) is 11.7 Å². The first-order valence-electron chi connectivity index (χ1n) is 7.29. The number of hydrogen-bond acceptors (Lipinski definition) is 4. The van der Waals surface area contributed by atoms with Crippen molar-refractivity contribution in [3.05, 3.63) is 35.2 Å². The summed E-state index contributed by atoms with van der Waals surface area (Å²) in [5.74, 6) is 1.24. The Morgan fingerprint density at radius 1 is 1.15 bits per heavy atom. The van der Waals surface area contributed by atoms with Crippen molar-refractivity contribution in [2.24, 2.45) is 5.73 Å². The molecule has 1 aliphatic carbocycles. The molecule has 0 bridgehead atoms. The number of nitrogens with two attached hydrogens (primary N) is 1. The van der Waals surface area contributed by atoms with Gasteiger partial charge in [0.1, 0.15) is 0 Å². The highest BCUT2D eigenvalue weighted by Gasteiger charge is 2.34. The number of rotatable bonds is 2. The van der Waals surface area contributed by atoms with Crippen LogP contribution in [0.4, 0.5) is 0 Å². The van der Waals surface area contributed by atoms with Crippen LogP contribution in [-0.4, -0.2) is 10.1 Å². The van der Waals surface area contributed by atoms with Crippen molar-refractivity contribution in [1.29, 1.82) is 0 Å². The van der Waals surface area contributed by atoms with Gasteiger partial charge in [0, 0.05) is 5.56 Å². The van der Waals surface area contributed by atoms with Gasteiger partial charge in [0.15, 0.2) is 5.82 Å². The van der Waals surface area contributed by atoms with Crippen LogP contribution in [0.15, 0.2) is 22.7 Å². The van der Waals surface area contributed by atoms with E-state index in [2.05, 4.69) is 36.1 Å². The molecule has 1 aromatic carbocycles. The van der Waals surface area contributed by atoms with Crippen LogP contribution in [0.25, 0.3) is 11.5 Å². The van der Waals surface area contributed by atoms with Gasteiger partial charge in [0.2, 0.25) is 0 Å². The highest BCUT2D eigenvalue weighted by atomic mass is 16.5. The van der Waals surface area contributed by atoms with Crippen LogP contribution in [0.1, 0.15) is 49.1 Å². The second-order valence-electron chi connectivity index (χ2n) is 5.96. The average molecular weight is 271 g/mol. The zero-order chi connectivity index (χ0) is 14.2. The molecule has 1 aliphatic rings. The first-order valence-corrected chi connectivity index (χ1v) is 7.29. The Labute approximate surface area is 119 Å². The monoisotopic (exact) mass is 271 g/mol. The van der Waals surface area contributed by atoms with E-state index < -0.39 is 5.54 Å². The average Bonchev–Trinajstić information content (AvgIpc) is 2.90. The topological polar surface area (TPSA) is 64.9 Å². The minimum Gasteiger partial charge on any atom is -0.334 e. The molecule has 0 radical (unpaired) electrons. The second kappa shape index (κ2) is 5.02. The lowest BCUT2D eigenvalue weighted by atomic mass is 9.82. The van der Waals surface area contributed by atoms with E-state index in [9.17, 15) is 0 Å². The van der Waals surface area contributed by atoms with Crippen LogP contribution < -0.4 is 5.73 Å². The normalized spacial score (nSPS) is 18.1. The largest absolute Gasteiger partial charge is 0.334 e. The molecule has 4 heteroatoms. The molecule has 20 heavy (non-hydrogen) atoms. The number of nitrogens with zero attached hydrogens (tertiary/aromatic N) is 2. The van der Waals surface area contributed by atoms with Gasteiger partial charge in [-0.3, -0.25) is 0 Å². The van der Waals surface area contributed by atoms with Crippen molar-refractivity contribution < 1.29 is 4.52 Å². The van der Waals surface area contributed by atoms with Crippen LogP contribution in [0.3, 0.4) is 0 Å². The quantitative estimate of drug-likeness (QED) is 0.908. The van der Waals surface area contributed by atoms with Gasteiger partial charge in [-0.2, -0.15) is 4.98 Å². The van der Waals surface area contributed by atoms with E-state index in [4.69, 9.17) is 10.3 Å². The van der Waals surface area contributed by atoms with Crippen molar-refractivity contribution in [1.82, 2.24) is 10.1 Å². The fourth-order valence-corrected chi connectivity index (χ4v) is 2.99. The third-order valence-electron chi connectivity index (χ3n) is 4.23. The Kier molecular flexibility index (Phi) is 3.34. The summed E-state index contributed by atoms with van der Waals surface area (Å²) < 4.78 is 5.45. The predicted molar refractivity (Wildman–Crippen MR) is 78.2 cm³/mol. The van der Waals surface area contributed by atoms with Gasteiger partial charge in [0.25, 0.3) is 5.89 Å². The summed E-state index contributed by atoms with van der Waals surface area (Å²) in [6, 6.07) is 6.22. The lowest BCUT2D eigenvalue weighted by Crippen LogP contribution is -2.39. The summed E-state index contributed by atoms with van der Waals surface area (Å²) in [7, 11) is 0. The molecule has 1 fully saturated rings. The number of hydrogen-bond donors (Lipinski definition) is 1. The van der Waals surface area contributed by atoms with E-state index in [1.165, 1.54) is 12.0 Å². The minimum absolute atomic E-state index is 0.404. The highest BCUT2D eigenvalue weighted by Crippen LogP contribution is 2.34. The summed E-state index contributed by atoms with van der Waals surface area (Å²) in [6.45, 7) is 4.14. The maximum absolute atomic E-state index is 6.45. The number of aryl methyl sites for hydroxylation is 2. The molecular formula is C16H21N3O. The third kappa shape index (κ3) is 2.36. The summed E-state index contributed by atoms with van der Waals surface area (Å²) in [6.07, 6.45) is 5.42. The summed E-state index contributed by atoms with van der Waals surface area (Å²) in [4.78, 5) is 4.56. The molecule has 4 nitrogen and oxygen atoms in total. The van der Waals surface area contributed by atoms with E-state index in [0.717, 1.165) is 36.8 Å². The Hall–Kier alpha value is -1.68. The molecule has 3 rings (SSSR count). The van der Waals surface area contributed by atoms with Gasteiger partial charge >= 0.3 is 0 Å². The lowest BCUT2D eigenvalue weighted by molar-refractivity contribution is 0.275. The molecule has 0 atom stereocenters. The molecule has 0 spiro atoms. The standard InChI is InChI=1S/C16H21N3O/c1-11-6-7-13(12(2)10-11)14-18-15(19-20-14)16(17)8-4-3-5-9-16/h6-7,10H,3-5,8-9,17H2,1-2H3. The highest BCUT2D eigenvalue weighted by molar-refractivity contribution is 5.58. The van der Waals surface area contributed by atoms with E-state index >= 15 is 0 Å². The van der Waals surface area contributed by atoms with Crippen molar-refractivity contribution in [3.63, 3.8) is 0 Å². The van der Waals surface area contributed by atoms with Gasteiger partial charge < -0.3 is 10.3 Å². The van der Waals surface area contributed by atoms with Crippen molar-refractivity contribution in [2.75, 3.05) is 0 Å². The second-order valence-corrected chi connectivity index (χ2v) is 5.96. The molecule has 2 aromatic rings. The van der Waals surface area contributed by atoms with Crippen LogP contribution in [0.5, 0.6) is 0 Å². The molecule has 0 saturated heterocycles. The van der Waals surface area contributed by atoms with Crippen molar-refractivity contribution in [3.8, 4) is 11.5 Å². The SMILES string of the molecule is Cc1ccc(-c2nc(C3(N)CCCCC3)no2)c(C)c1. The minimum atomic E-state index is -0.404. The van der Waals surface area contributed by atoms with Crippen LogP contribution in [0, 0.1) is 13.8 Å². The summed E-state index contributed by atoms with van der Waals surface area (Å²) >= 11 is 0. The lowest BCUT2D eigenvalue weighted by Gasteiger charge is -2.29. The van der Waals surface area contributed by atoms with Crippen LogP contribution in [-0.2, 0) is 5.54 Å². The Morgan fingerprint density at radius 2 is 1.90 bits per heavy atom. The van der Waals surface area contributed by atoms with Gasteiger partial charge in [-0.25, -0.2) is 0 Å². The third-order valence-corrected chi connectivity index (χ3v) is 4.23. The fourth-order valence-electron chi connectivity index (χ4n) is 2.99. The molecule has 0 unspecified atom stereocenters. The van der Waals surface area contributed by atoms with E-state index in [1.807, 2.05) is 6.07 Å². The smallest absolute Gasteiger partial charge is 0.258 e. The molecule has 0 amide bonds. The van der Waals surface area contributed by atoms with Gasteiger partial charge in [-0.1, -0.05) is 42.1 Å². The van der Waals surface area contributed by atoms with Gasteiger partial charge in [-0.05, 0) is 38.3 Å². The van der Waals surface area contributed by atoms with Gasteiger partial charge in [-0.15, -0.1) is 0 Å². The Bertz CT molecular complexity index is 612. The molecule has 2 N–H and O–H groups in total. The Morgan fingerprint density at radius 3 is 2.60 bits per heavy atom. The summed E-state index contributed by atoms with van der Waals surface area (Å²) in [5.41, 5.74) is 9.42. The molecule has 1 heterocycles. The first-order chi connectivity index (χ1) is 9.58. The van der Waals surface area contributed by atoms with Gasteiger partial charge in [0.05, 0.1) is 5.54 Å². The van der Waals surface area contributed by atoms with Crippen LogP contribution in [0.2, 0.25) is 0 Å². The maximum Gasteiger partial charge on any atom is 0.258 e. The zero-order valence-electron chi connectivity index (χ0n) is 12.1. The molecule has 1 saturated carbocycles. The Balaban J connectivity index is 1.93. The molecular weight excluding hydrogens is 250 g/mol. The molecule has 1 aromatic heterocycles. The number of aromatic nitrogens is 2. The maximum atomic E-state index is 6.45. The van der Waals surface area contributed by atoms with E-state index in [-0.39, 0.29) is 0 Å². The fraction of sp³-hybridized carbons (Fsp3) is 0.500. The zero-order valence-corrected chi connectivity index (χ0v) is 12.1. The van der Waals surface area contributed by atoms with Crippen molar-refractivity contribution in [2.45, 2.75) is 51.5 Å². The molecule has 0 aliphatic heterocycles. The molecule has 106 valence electrons. The summed E-state index contributed by atoms with van der Waals surface area (Å²) in [5, 5.41) is 4.14. The predicted octanol–water partition coefficient (Wildman–Crippen LogP) is 3.47. The van der Waals surface area contributed by atoms with E-state index in [1.54, 1.807) is 0 Å². The van der Waals surface area contributed by atoms with Crippen molar-refractivity contribution >= 4 is 0 Å². The van der Waals surface area contributed by atoms with Crippen LogP contribution >= 0.6 is 0 Å². The number of benzene rings is 1. The first kappa shape index (κ1) is 13.3.